The molecule has 0 aliphatic heterocycles. The maximum Gasteiger partial charge on any atom is 0.306 e. The molecule has 0 radical (unpaired) electrons. The van der Waals surface area contributed by atoms with Gasteiger partial charge >= 0.3 is 5.97 Å². The Labute approximate surface area is 177 Å². The van der Waals surface area contributed by atoms with Crippen molar-refractivity contribution in [2.75, 3.05) is 0 Å². The number of hydrogen-bond acceptors (Lipinski definition) is 3. The van der Waals surface area contributed by atoms with Crippen LogP contribution in [0.25, 0.3) is 0 Å². The molecular formula is C26H40O3. The summed E-state index contributed by atoms with van der Waals surface area (Å²) >= 11 is 0. The molecule has 3 saturated carbocycles. The quantitative estimate of drug-likeness (QED) is 0.501. The normalized spacial score (nSPS) is 43.8. The maximum absolute atomic E-state index is 12.6. The van der Waals surface area contributed by atoms with Crippen molar-refractivity contribution in [1.29, 1.82) is 0 Å². The monoisotopic (exact) mass is 400 g/mol. The van der Waals surface area contributed by atoms with E-state index in [0.717, 1.165) is 51.4 Å². The first-order chi connectivity index (χ1) is 13.8. The van der Waals surface area contributed by atoms with Crippen molar-refractivity contribution in [1.82, 2.24) is 0 Å². The van der Waals surface area contributed by atoms with Gasteiger partial charge in [-0.05, 0) is 87.0 Å². The fourth-order valence-corrected chi connectivity index (χ4v) is 8.06. The molecule has 3 heteroatoms. The second kappa shape index (κ2) is 7.54. The molecule has 0 bridgehead atoms. The van der Waals surface area contributed by atoms with Gasteiger partial charge < -0.3 is 4.74 Å². The Bertz CT molecular complexity index is 709. The third-order valence-electron chi connectivity index (χ3n) is 9.87. The highest BCUT2D eigenvalue weighted by Gasteiger charge is 2.65. The minimum atomic E-state index is -0.271. The third kappa shape index (κ3) is 3.13. The molecule has 162 valence electrons. The summed E-state index contributed by atoms with van der Waals surface area (Å²) in [6, 6.07) is 0. The van der Waals surface area contributed by atoms with Crippen LogP contribution in [0.1, 0.15) is 105 Å². The van der Waals surface area contributed by atoms with Crippen molar-refractivity contribution < 1.29 is 14.3 Å². The molecule has 0 unspecified atom stereocenters. The molecule has 4 aliphatic rings. The van der Waals surface area contributed by atoms with Crippen molar-refractivity contribution >= 4 is 11.8 Å². The smallest absolute Gasteiger partial charge is 0.306 e. The van der Waals surface area contributed by atoms with Crippen LogP contribution in [0.4, 0.5) is 0 Å². The summed E-state index contributed by atoms with van der Waals surface area (Å²) in [5, 5.41) is 0. The lowest BCUT2D eigenvalue weighted by Gasteiger charge is -2.59. The number of carbonyl (C=O) groups excluding carboxylic acids is 2. The zero-order chi connectivity index (χ0) is 20.9. The summed E-state index contributed by atoms with van der Waals surface area (Å²) in [6.07, 6.45) is 14.1. The predicted molar refractivity (Wildman–Crippen MR) is 115 cm³/mol. The second-order valence-corrected chi connectivity index (χ2v) is 10.9. The van der Waals surface area contributed by atoms with Gasteiger partial charge in [-0.3, -0.25) is 9.59 Å². The highest BCUT2D eigenvalue weighted by molar-refractivity contribution is 5.91. The standard InChI is InChI=1S/C26H40O3/c1-5-7-8-23(28)29-26(6-2)16-13-22-20-10-9-18-17-19(27)11-14-24(18,3)21(20)12-15-25(22,26)4/h17,20-22H,5-16H2,1-4H3/t20-,21+,22+,24+,25+,26+/m1/s1. The Morgan fingerprint density at radius 2 is 1.83 bits per heavy atom. The lowest BCUT2D eigenvalue weighted by molar-refractivity contribution is -0.185. The van der Waals surface area contributed by atoms with E-state index in [1.54, 1.807) is 0 Å². The predicted octanol–water partition coefficient (Wildman–Crippen LogP) is 6.40. The van der Waals surface area contributed by atoms with Crippen LogP contribution >= 0.6 is 0 Å². The molecule has 3 fully saturated rings. The molecule has 4 rings (SSSR count). The Hall–Kier alpha value is -1.12. The number of fused-ring (bicyclic) bond motifs is 5. The zero-order valence-electron chi connectivity index (χ0n) is 19.0. The summed E-state index contributed by atoms with van der Waals surface area (Å²) in [6.45, 7) is 9.23. The molecule has 0 aromatic heterocycles. The van der Waals surface area contributed by atoms with Gasteiger partial charge in [-0.1, -0.05) is 39.7 Å². The summed E-state index contributed by atoms with van der Waals surface area (Å²) in [5.74, 6) is 2.41. The lowest BCUT2D eigenvalue weighted by atomic mass is 9.46. The van der Waals surface area contributed by atoms with Gasteiger partial charge in [-0.25, -0.2) is 0 Å². The molecule has 29 heavy (non-hydrogen) atoms. The van der Waals surface area contributed by atoms with Gasteiger partial charge in [0.15, 0.2) is 5.78 Å². The molecule has 0 aromatic rings. The Morgan fingerprint density at radius 3 is 2.55 bits per heavy atom. The lowest BCUT2D eigenvalue weighted by Crippen LogP contribution is -2.55. The van der Waals surface area contributed by atoms with E-state index in [0.29, 0.717) is 30.0 Å². The number of rotatable bonds is 5. The van der Waals surface area contributed by atoms with Crippen LogP contribution in [0, 0.1) is 28.6 Å². The zero-order valence-corrected chi connectivity index (χ0v) is 19.0. The molecule has 0 aromatic carbocycles. The largest absolute Gasteiger partial charge is 0.458 e. The SMILES string of the molecule is CCCCC(=O)O[C@@]1(CC)CC[C@H]2[C@@H]3CCC4=CC(=O)CC[C@]4(C)[C@H]3CC[C@@]21C. The molecule has 0 N–H and O–H groups in total. The van der Waals surface area contributed by atoms with Crippen LogP contribution in [0.15, 0.2) is 11.6 Å². The number of allylic oxidation sites excluding steroid dienone is 1. The maximum atomic E-state index is 12.6. The van der Waals surface area contributed by atoms with E-state index < -0.39 is 0 Å². The van der Waals surface area contributed by atoms with E-state index in [4.69, 9.17) is 4.74 Å². The van der Waals surface area contributed by atoms with E-state index in [2.05, 4.69) is 27.7 Å². The van der Waals surface area contributed by atoms with Gasteiger partial charge in [0.2, 0.25) is 0 Å². The molecule has 0 saturated heterocycles. The van der Waals surface area contributed by atoms with Gasteiger partial charge in [0.25, 0.3) is 0 Å². The molecule has 0 heterocycles. The van der Waals surface area contributed by atoms with Gasteiger partial charge in [0.05, 0.1) is 0 Å². The van der Waals surface area contributed by atoms with Crippen LogP contribution in [0.3, 0.4) is 0 Å². The molecule has 4 aliphatic carbocycles. The van der Waals surface area contributed by atoms with Crippen LogP contribution in [0.2, 0.25) is 0 Å². The van der Waals surface area contributed by atoms with Crippen molar-refractivity contribution in [2.24, 2.45) is 28.6 Å². The van der Waals surface area contributed by atoms with E-state index in [1.807, 2.05) is 6.08 Å². The summed E-state index contributed by atoms with van der Waals surface area (Å²) in [4.78, 5) is 24.7. The Balaban J connectivity index is 1.59. The average Bonchev–Trinajstić information content (AvgIpc) is 2.99. The van der Waals surface area contributed by atoms with E-state index in [-0.39, 0.29) is 22.4 Å². The topological polar surface area (TPSA) is 43.4 Å². The molecule has 0 spiro atoms. The second-order valence-electron chi connectivity index (χ2n) is 10.9. The fraction of sp³-hybridized carbons (Fsp3) is 0.846. The first-order valence-electron chi connectivity index (χ1n) is 12.3. The molecule has 3 nitrogen and oxygen atoms in total. The fourth-order valence-electron chi connectivity index (χ4n) is 8.06. The number of hydrogen-bond donors (Lipinski definition) is 0. The van der Waals surface area contributed by atoms with Crippen LogP contribution in [-0.4, -0.2) is 17.4 Å². The Morgan fingerprint density at radius 1 is 1.07 bits per heavy atom. The van der Waals surface area contributed by atoms with Gasteiger partial charge in [0, 0.05) is 18.3 Å². The average molecular weight is 401 g/mol. The van der Waals surface area contributed by atoms with Crippen LogP contribution in [-0.2, 0) is 14.3 Å². The first kappa shape index (κ1) is 21.1. The minimum Gasteiger partial charge on any atom is -0.458 e. The molecule has 6 atom stereocenters. The van der Waals surface area contributed by atoms with Gasteiger partial charge in [0.1, 0.15) is 5.60 Å². The highest BCUT2D eigenvalue weighted by atomic mass is 16.6. The van der Waals surface area contributed by atoms with Crippen molar-refractivity contribution in [3.05, 3.63) is 11.6 Å². The van der Waals surface area contributed by atoms with E-state index in [9.17, 15) is 9.59 Å². The third-order valence-corrected chi connectivity index (χ3v) is 9.87. The van der Waals surface area contributed by atoms with Gasteiger partial charge in [-0.15, -0.1) is 0 Å². The Kier molecular flexibility index (Phi) is 5.49. The van der Waals surface area contributed by atoms with Gasteiger partial charge in [-0.2, -0.15) is 0 Å². The number of esters is 1. The summed E-state index contributed by atoms with van der Waals surface area (Å²) < 4.78 is 6.35. The number of ketones is 1. The number of ether oxygens (including phenoxy) is 1. The van der Waals surface area contributed by atoms with Crippen LogP contribution < -0.4 is 0 Å². The van der Waals surface area contributed by atoms with Crippen molar-refractivity contribution in [3.63, 3.8) is 0 Å². The first-order valence-corrected chi connectivity index (χ1v) is 12.3. The van der Waals surface area contributed by atoms with E-state index in [1.165, 1.54) is 24.8 Å². The summed E-state index contributed by atoms with van der Waals surface area (Å²) in [5.41, 5.74) is 1.48. The number of unbranched alkanes of at least 4 members (excludes halogenated alkanes) is 1. The van der Waals surface area contributed by atoms with Crippen molar-refractivity contribution in [2.45, 2.75) is 110 Å². The van der Waals surface area contributed by atoms with E-state index >= 15 is 0 Å². The highest BCUT2D eigenvalue weighted by Crippen LogP contribution is 2.68. The minimum absolute atomic E-state index is 0.0179. The summed E-state index contributed by atoms with van der Waals surface area (Å²) in [7, 11) is 0. The molecular weight excluding hydrogens is 360 g/mol. The van der Waals surface area contributed by atoms with Crippen molar-refractivity contribution in [3.8, 4) is 0 Å². The number of carbonyl (C=O) groups is 2. The molecule has 0 amide bonds. The van der Waals surface area contributed by atoms with Crippen LogP contribution in [0.5, 0.6) is 0 Å².